The Morgan fingerprint density at radius 1 is 1.12 bits per heavy atom. The van der Waals surface area contributed by atoms with Crippen molar-refractivity contribution in [1.82, 2.24) is 15.4 Å². The Hall–Kier alpha value is -1.83. The van der Waals surface area contributed by atoms with Gasteiger partial charge in [-0.15, -0.1) is 0 Å². The Kier molecular flexibility index (Phi) is 6.85. The van der Waals surface area contributed by atoms with Crippen LogP contribution in [0.4, 0.5) is 5.82 Å². The quantitative estimate of drug-likeness (QED) is 0.708. The van der Waals surface area contributed by atoms with E-state index in [9.17, 15) is 4.79 Å². The van der Waals surface area contributed by atoms with Crippen LogP contribution in [-0.2, 0) is 9.53 Å². The highest BCUT2D eigenvalue weighted by molar-refractivity contribution is 6.31. The number of carbonyl (C=O) groups is 1. The number of rotatable bonds is 6. The summed E-state index contributed by atoms with van der Waals surface area (Å²) in [5, 5.41) is 9.26. The van der Waals surface area contributed by atoms with Crippen LogP contribution in [0, 0.1) is 11.8 Å². The minimum absolute atomic E-state index is 0.0689. The molecule has 7 nitrogen and oxygen atoms in total. The second-order valence-electron chi connectivity index (χ2n) is 9.55. The molecule has 2 aromatic rings. The summed E-state index contributed by atoms with van der Waals surface area (Å²) in [4.78, 5) is 17.2. The van der Waals surface area contributed by atoms with Crippen LogP contribution in [0.5, 0.6) is 0 Å². The van der Waals surface area contributed by atoms with E-state index in [4.69, 9.17) is 20.9 Å². The molecule has 2 aliphatic heterocycles. The molecule has 1 aliphatic carbocycles. The maximum absolute atomic E-state index is 12.3. The summed E-state index contributed by atoms with van der Waals surface area (Å²) in [6, 6.07) is 6.07. The van der Waals surface area contributed by atoms with Gasteiger partial charge in [0, 0.05) is 49.9 Å². The number of anilines is 1. The molecule has 32 heavy (non-hydrogen) atoms. The Morgan fingerprint density at radius 2 is 1.94 bits per heavy atom. The van der Waals surface area contributed by atoms with Gasteiger partial charge in [0.15, 0.2) is 11.4 Å². The number of hydrogen-bond donors (Lipinski definition) is 1. The van der Waals surface area contributed by atoms with Crippen molar-refractivity contribution in [3.63, 3.8) is 0 Å². The number of amides is 1. The molecule has 1 aromatic carbocycles. The number of aromatic nitrogens is 1. The molecule has 1 atom stereocenters. The highest BCUT2D eigenvalue weighted by Gasteiger charge is 2.28. The average molecular weight is 461 g/mol. The molecular formula is C24H33ClN4O3. The first kappa shape index (κ1) is 22.0. The molecule has 0 spiro atoms. The molecule has 1 aromatic heterocycles. The van der Waals surface area contributed by atoms with Gasteiger partial charge < -0.3 is 19.5 Å². The van der Waals surface area contributed by atoms with Crippen molar-refractivity contribution in [1.29, 1.82) is 0 Å². The van der Waals surface area contributed by atoms with E-state index >= 15 is 0 Å². The summed E-state index contributed by atoms with van der Waals surface area (Å²) >= 11 is 6.06. The number of hydrogen-bond acceptors (Lipinski definition) is 6. The van der Waals surface area contributed by atoms with Gasteiger partial charge in [-0.05, 0) is 63.1 Å². The van der Waals surface area contributed by atoms with Crippen LogP contribution in [0.1, 0.15) is 38.5 Å². The van der Waals surface area contributed by atoms with Gasteiger partial charge in [0.2, 0.25) is 5.91 Å². The molecule has 8 heteroatoms. The lowest BCUT2D eigenvalue weighted by Gasteiger charge is -2.36. The molecule has 1 unspecified atom stereocenters. The molecule has 1 saturated carbocycles. The lowest BCUT2D eigenvalue weighted by Crippen LogP contribution is -2.47. The molecule has 3 heterocycles. The minimum Gasteiger partial charge on any atom is -0.381 e. The zero-order valence-corrected chi connectivity index (χ0v) is 19.4. The molecule has 5 rings (SSSR count). The van der Waals surface area contributed by atoms with E-state index < -0.39 is 0 Å². The molecule has 3 fully saturated rings. The fourth-order valence-corrected chi connectivity index (χ4v) is 5.49. The highest BCUT2D eigenvalue weighted by Crippen LogP contribution is 2.30. The van der Waals surface area contributed by atoms with Crippen molar-refractivity contribution in [2.24, 2.45) is 11.8 Å². The van der Waals surface area contributed by atoms with Crippen molar-refractivity contribution < 1.29 is 14.1 Å². The van der Waals surface area contributed by atoms with Crippen LogP contribution in [0.2, 0.25) is 5.02 Å². The summed E-state index contributed by atoms with van der Waals surface area (Å²) in [6.07, 6.45) is 6.79. The number of nitrogens with zero attached hydrogens (tertiary/aromatic N) is 3. The smallest absolute Gasteiger partial charge is 0.225 e. The lowest BCUT2D eigenvalue weighted by molar-refractivity contribution is -0.125. The number of nitrogens with one attached hydrogen (secondary N) is 1. The summed E-state index contributed by atoms with van der Waals surface area (Å²) < 4.78 is 10.8. The van der Waals surface area contributed by atoms with Gasteiger partial charge in [-0.2, -0.15) is 0 Å². The molecule has 1 N–H and O–H groups in total. The Labute approximate surface area is 194 Å². The predicted octanol–water partition coefficient (Wildman–Crippen LogP) is 3.70. The molecular weight excluding hydrogens is 428 g/mol. The highest BCUT2D eigenvalue weighted by atomic mass is 35.5. The van der Waals surface area contributed by atoms with Crippen LogP contribution in [0.3, 0.4) is 0 Å². The van der Waals surface area contributed by atoms with Crippen LogP contribution in [0.25, 0.3) is 11.0 Å². The van der Waals surface area contributed by atoms with Gasteiger partial charge in [0.25, 0.3) is 0 Å². The number of benzene rings is 1. The third-order valence-corrected chi connectivity index (χ3v) is 7.67. The van der Waals surface area contributed by atoms with Gasteiger partial charge in [0.1, 0.15) is 0 Å². The first-order valence-corrected chi connectivity index (χ1v) is 12.4. The first-order chi connectivity index (χ1) is 15.7. The number of halogens is 1. The molecule has 3 aliphatic rings. The summed E-state index contributed by atoms with van der Waals surface area (Å²) in [5.41, 5.74) is 0.748. The fourth-order valence-electron chi connectivity index (χ4n) is 5.33. The third kappa shape index (κ3) is 5.05. The van der Waals surface area contributed by atoms with Crippen LogP contribution < -0.4 is 10.2 Å². The number of ether oxygens (including phenoxy) is 1. The topological polar surface area (TPSA) is 70.8 Å². The average Bonchev–Trinajstić information content (AvgIpc) is 3.49. The van der Waals surface area contributed by atoms with Crippen LogP contribution in [0.15, 0.2) is 22.7 Å². The molecule has 2 saturated heterocycles. The summed E-state index contributed by atoms with van der Waals surface area (Å²) in [7, 11) is 0. The van der Waals surface area contributed by atoms with Crippen molar-refractivity contribution in [2.45, 2.75) is 44.6 Å². The van der Waals surface area contributed by atoms with Crippen LogP contribution >= 0.6 is 11.6 Å². The van der Waals surface area contributed by atoms with Crippen molar-refractivity contribution >= 4 is 34.3 Å². The van der Waals surface area contributed by atoms with Gasteiger partial charge in [-0.3, -0.25) is 9.69 Å². The Balaban J connectivity index is 1.02. The van der Waals surface area contributed by atoms with E-state index in [1.54, 1.807) is 0 Å². The summed E-state index contributed by atoms with van der Waals surface area (Å²) in [6.45, 7) is 6.51. The number of fused-ring (bicyclic) bond motifs is 1. The number of carbonyl (C=O) groups excluding carboxylic acids is 1. The third-order valence-electron chi connectivity index (χ3n) is 7.43. The van der Waals surface area contributed by atoms with E-state index in [0.717, 1.165) is 81.3 Å². The van der Waals surface area contributed by atoms with Crippen molar-refractivity contribution in [3.8, 4) is 0 Å². The van der Waals surface area contributed by atoms with E-state index in [1.165, 1.54) is 19.3 Å². The maximum atomic E-state index is 12.3. The van der Waals surface area contributed by atoms with E-state index in [1.807, 2.05) is 18.2 Å². The van der Waals surface area contributed by atoms with Gasteiger partial charge >= 0.3 is 0 Å². The Morgan fingerprint density at radius 3 is 2.69 bits per heavy atom. The largest absolute Gasteiger partial charge is 0.381 e. The molecule has 0 bridgehead atoms. The fraction of sp³-hybridized carbons (Fsp3) is 0.667. The summed E-state index contributed by atoms with van der Waals surface area (Å²) in [5.74, 6) is 1.98. The zero-order chi connectivity index (χ0) is 21.9. The molecule has 0 radical (unpaired) electrons. The maximum Gasteiger partial charge on any atom is 0.225 e. The first-order valence-electron chi connectivity index (χ1n) is 12.1. The van der Waals surface area contributed by atoms with E-state index in [0.29, 0.717) is 17.7 Å². The number of piperazine rings is 1. The second kappa shape index (κ2) is 9.98. The van der Waals surface area contributed by atoms with Crippen molar-refractivity contribution in [2.75, 3.05) is 50.8 Å². The van der Waals surface area contributed by atoms with E-state index in [2.05, 4.69) is 20.3 Å². The van der Waals surface area contributed by atoms with Gasteiger partial charge in [-0.1, -0.05) is 16.8 Å². The zero-order valence-electron chi connectivity index (χ0n) is 18.6. The lowest BCUT2D eigenvalue weighted by atomic mass is 9.83. The van der Waals surface area contributed by atoms with E-state index in [-0.39, 0.29) is 11.8 Å². The van der Waals surface area contributed by atoms with Gasteiger partial charge in [0.05, 0.1) is 17.9 Å². The van der Waals surface area contributed by atoms with Crippen molar-refractivity contribution in [3.05, 3.63) is 23.2 Å². The Bertz CT molecular complexity index is 913. The SMILES string of the molecule is O=C(NC1CCC(CCN2CCN(c3noc4cc(Cl)ccc34)CC2)CC1)C1CCOC1. The molecule has 1 amide bonds. The normalized spacial score (nSPS) is 27.2. The van der Waals surface area contributed by atoms with Gasteiger partial charge in [-0.25, -0.2) is 0 Å². The monoisotopic (exact) mass is 460 g/mol. The second-order valence-corrected chi connectivity index (χ2v) is 9.99. The minimum atomic E-state index is 0.0689. The predicted molar refractivity (Wildman–Crippen MR) is 125 cm³/mol. The van der Waals surface area contributed by atoms with Crippen LogP contribution in [-0.4, -0.2) is 67.9 Å². The molecule has 174 valence electrons. The standard InChI is InChI=1S/C24H33ClN4O3/c25-19-3-6-21-22(15-19)32-27-23(21)29-12-10-28(11-13-29)9-7-17-1-4-20(5-2-17)26-24(30)18-8-14-31-16-18/h3,6,15,17-18,20H,1-2,4-5,7-14,16H2,(H,26,30).